The number of rotatable bonds is 12. The average molecular weight is 495 g/mol. The highest BCUT2D eigenvalue weighted by Crippen LogP contribution is 2.36. The quantitative estimate of drug-likeness (QED) is 0.200. The predicted octanol–water partition coefficient (Wildman–Crippen LogP) is 5.66. The zero-order valence-electron chi connectivity index (χ0n) is 19.6. The number of halogens is 1. The Kier molecular flexibility index (Phi) is 9.57. The molecule has 35 heavy (non-hydrogen) atoms. The van der Waals surface area contributed by atoms with Crippen molar-refractivity contribution in [3.05, 3.63) is 95.0 Å². The molecule has 0 unspecified atom stereocenters. The number of benzene rings is 3. The minimum atomic E-state index is -0.402. The summed E-state index contributed by atoms with van der Waals surface area (Å²) in [5, 5.41) is 4.39. The SMILES string of the molecule is C=CCOc1c(Cl)cc(/C=N/NC(=O)c2ccc(OCc3ccccc3)c(OCC)c2)cc1OC. The monoisotopic (exact) mass is 494 g/mol. The molecule has 3 rings (SSSR count). The largest absolute Gasteiger partial charge is 0.493 e. The molecule has 0 spiro atoms. The Bertz CT molecular complexity index is 1180. The molecular formula is C27H27ClN2O5. The van der Waals surface area contributed by atoms with Crippen LogP contribution in [0.3, 0.4) is 0 Å². The number of amides is 1. The molecule has 0 saturated carbocycles. The molecule has 0 aromatic heterocycles. The number of nitrogens with one attached hydrogen (secondary N) is 1. The van der Waals surface area contributed by atoms with Gasteiger partial charge < -0.3 is 18.9 Å². The van der Waals surface area contributed by atoms with E-state index in [-0.39, 0.29) is 0 Å². The van der Waals surface area contributed by atoms with Crippen molar-refractivity contribution < 1.29 is 23.7 Å². The Morgan fingerprint density at radius 3 is 2.54 bits per heavy atom. The normalized spacial score (nSPS) is 10.6. The number of carbonyl (C=O) groups is 1. The van der Waals surface area contributed by atoms with Gasteiger partial charge in [-0.1, -0.05) is 54.6 Å². The Labute approximate surface area is 209 Å². The van der Waals surface area contributed by atoms with Gasteiger partial charge in [0.25, 0.3) is 5.91 Å². The van der Waals surface area contributed by atoms with Gasteiger partial charge in [0, 0.05) is 5.56 Å². The van der Waals surface area contributed by atoms with Crippen LogP contribution in [0.5, 0.6) is 23.0 Å². The summed E-state index contributed by atoms with van der Waals surface area (Å²) < 4.78 is 22.4. The second-order valence-corrected chi connectivity index (χ2v) is 7.61. The summed E-state index contributed by atoms with van der Waals surface area (Å²) in [6.07, 6.45) is 3.07. The Morgan fingerprint density at radius 1 is 1.03 bits per heavy atom. The van der Waals surface area contributed by atoms with Crippen molar-refractivity contribution in [2.24, 2.45) is 5.10 Å². The molecule has 0 saturated heterocycles. The number of ether oxygens (including phenoxy) is 4. The number of carbonyl (C=O) groups excluding carboxylic acids is 1. The summed E-state index contributed by atoms with van der Waals surface area (Å²) in [5.41, 5.74) is 4.54. The smallest absolute Gasteiger partial charge is 0.271 e. The zero-order valence-corrected chi connectivity index (χ0v) is 20.4. The summed E-state index contributed by atoms with van der Waals surface area (Å²) >= 11 is 6.30. The fraction of sp³-hybridized carbons (Fsp3) is 0.185. The molecule has 0 aliphatic rings. The molecule has 1 amide bonds. The molecular weight excluding hydrogens is 468 g/mol. The number of nitrogens with zero attached hydrogens (tertiary/aromatic N) is 1. The molecule has 0 heterocycles. The number of hydrazone groups is 1. The highest BCUT2D eigenvalue weighted by Gasteiger charge is 2.13. The van der Waals surface area contributed by atoms with Crippen molar-refractivity contribution in [3.8, 4) is 23.0 Å². The maximum atomic E-state index is 12.6. The minimum Gasteiger partial charge on any atom is -0.493 e. The second-order valence-electron chi connectivity index (χ2n) is 7.20. The molecule has 0 bridgehead atoms. The van der Waals surface area contributed by atoms with Crippen LogP contribution in [0.1, 0.15) is 28.4 Å². The standard InChI is InChI=1S/C27H27ClN2O5/c1-4-13-34-26-22(28)14-20(15-25(26)32-3)17-29-30-27(31)21-11-12-23(24(16-21)33-5-2)35-18-19-9-7-6-8-10-19/h4,6-12,14-17H,1,5,13,18H2,2-3H3,(H,30,31)/b29-17+. The van der Waals surface area contributed by atoms with Crippen LogP contribution in [0, 0.1) is 0 Å². The van der Waals surface area contributed by atoms with Gasteiger partial charge in [-0.2, -0.15) is 5.10 Å². The third-order valence-corrected chi connectivity index (χ3v) is 5.00. The van der Waals surface area contributed by atoms with Gasteiger partial charge in [-0.3, -0.25) is 4.79 Å². The van der Waals surface area contributed by atoms with Crippen LogP contribution in [0.25, 0.3) is 0 Å². The summed E-state index contributed by atoms with van der Waals surface area (Å²) in [5.74, 6) is 1.48. The van der Waals surface area contributed by atoms with Crippen LogP contribution >= 0.6 is 11.6 Å². The Balaban J connectivity index is 1.68. The van der Waals surface area contributed by atoms with Crippen LogP contribution in [0.2, 0.25) is 5.02 Å². The molecule has 182 valence electrons. The molecule has 3 aromatic rings. The van der Waals surface area contributed by atoms with Crippen LogP contribution in [-0.4, -0.2) is 32.4 Å². The zero-order chi connectivity index (χ0) is 25.0. The molecule has 0 radical (unpaired) electrons. The van der Waals surface area contributed by atoms with Crippen LogP contribution < -0.4 is 24.4 Å². The number of methoxy groups -OCH3 is 1. The first-order chi connectivity index (χ1) is 17.0. The molecule has 0 atom stereocenters. The summed E-state index contributed by atoms with van der Waals surface area (Å²) in [7, 11) is 1.51. The van der Waals surface area contributed by atoms with E-state index in [4.69, 9.17) is 30.5 Å². The fourth-order valence-corrected chi connectivity index (χ4v) is 3.37. The lowest BCUT2D eigenvalue weighted by molar-refractivity contribution is 0.0954. The van der Waals surface area contributed by atoms with E-state index in [1.165, 1.54) is 13.3 Å². The van der Waals surface area contributed by atoms with Crippen molar-refractivity contribution >= 4 is 23.7 Å². The summed E-state index contributed by atoms with van der Waals surface area (Å²) in [6, 6.07) is 18.1. The van der Waals surface area contributed by atoms with Crippen LogP contribution in [0.15, 0.2) is 78.4 Å². The van der Waals surface area contributed by atoms with Gasteiger partial charge in [0.1, 0.15) is 13.2 Å². The van der Waals surface area contributed by atoms with Gasteiger partial charge in [-0.05, 0) is 48.4 Å². The topological polar surface area (TPSA) is 78.4 Å². The van der Waals surface area contributed by atoms with E-state index >= 15 is 0 Å². The summed E-state index contributed by atoms with van der Waals surface area (Å²) in [6.45, 7) is 6.59. The van der Waals surface area contributed by atoms with Gasteiger partial charge in [-0.15, -0.1) is 0 Å². The first-order valence-electron chi connectivity index (χ1n) is 10.9. The molecule has 3 aromatic carbocycles. The lowest BCUT2D eigenvalue weighted by Crippen LogP contribution is -2.17. The van der Waals surface area contributed by atoms with E-state index in [0.29, 0.717) is 59.0 Å². The number of hydrogen-bond donors (Lipinski definition) is 1. The van der Waals surface area contributed by atoms with Crippen molar-refractivity contribution in [2.45, 2.75) is 13.5 Å². The maximum absolute atomic E-state index is 12.6. The number of hydrogen-bond acceptors (Lipinski definition) is 6. The van der Waals surface area contributed by atoms with Gasteiger partial charge in [0.05, 0.1) is 25.0 Å². The Hall–Kier alpha value is -3.97. The highest BCUT2D eigenvalue weighted by atomic mass is 35.5. The lowest BCUT2D eigenvalue weighted by Gasteiger charge is -2.13. The molecule has 8 heteroatoms. The summed E-state index contributed by atoms with van der Waals surface area (Å²) in [4.78, 5) is 12.6. The van der Waals surface area contributed by atoms with Gasteiger partial charge >= 0.3 is 0 Å². The fourth-order valence-electron chi connectivity index (χ4n) is 3.10. The van der Waals surface area contributed by atoms with Crippen molar-refractivity contribution in [2.75, 3.05) is 20.3 Å². The van der Waals surface area contributed by atoms with E-state index in [0.717, 1.165) is 5.56 Å². The van der Waals surface area contributed by atoms with Gasteiger partial charge in [-0.25, -0.2) is 5.43 Å². The molecule has 7 nitrogen and oxygen atoms in total. The highest BCUT2D eigenvalue weighted by molar-refractivity contribution is 6.32. The van der Waals surface area contributed by atoms with Gasteiger partial charge in [0.15, 0.2) is 23.0 Å². The molecule has 1 N–H and O–H groups in total. The second kappa shape index (κ2) is 13.1. The van der Waals surface area contributed by atoms with Gasteiger partial charge in [0.2, 0.25) is 0 Å². The Morgan fingerprint density at radius 2 is 1.83 bits per heavy atom. The van der Waals surface area contributed by atoms with Crippen LogP contribution in [-0.2, 0) is 6.61 Å². The van der Waals surface area contributed by atoms with Crippen LogP contribution in [0.4, 0.5) is 0 Å². The third-order valence-electron chi connectivity index (χ3n) is 4.72. The maximum Gasteiger partial charge on any atom is 0.271 e. The van der Waals surface area contributed by atoms with Crippen molar-refractivity contribution in [1.82, 2.24) is 5.43 Å². The predicted molar refractivity (Wildman–Crippen MR) is 137 cm³/mol. The molecule has 0 aliphatic heterocycles. The molecule has 0 aliphatic carbocycles. The first-order valence-corrected chi connectivity index (χ1v) is 11.3. The average Bonchev–Trinajstić information content (AvgIpc) is 2.87. The van der Waals surface area contributed by atoms with E-state index in [2.05, 4.69) is 17.1 Å². The van der Waals surface area contributed by atoms with E-state index in [1.54, 1.807) is 36.4 Å². The van der Waals surface area contributed by atoms with E-state index in [1.807, 2.05) is 37.3 Å². The molecule has 0 fully saturated rings. The van der Waals surface area contributed by atoms with Crippen molar-refractivity contribution in [3.63, 3.8) is 0 Å². The third kappa shape index (κ3) is 7.25. The minimum absolute atomic E-state index is 0.291. The van der Waals surface area contributed by atoms with E-state index < -0.39 is 5.91 Å². The van der Waals surface area contributed by atoms with E-state index in [9.17, 15) is 4.79 Å². The van der Waals surface area contributed by atoms with Crippen molar-refractivity contribution in [1.29, 1.82) is 0 Å². The first kappa shape index (κ1) is 25.6. The lowest BCUT2D eigenvalue weighted by atomic mass is 10.2.